The Kier molecular flexibility index (Phi) is 5.33. The molecule has 1 amide bonds. The van der Waals surface area contributed by atoms with E-state index in [1.54, 1.807) is 38.3 Å². The summed E-state index contributed by atoms with van der Waals surface area (Å²) in [5.74, 6) is 1.33. The summed E-state index contributed by atoms with van der Waals surface area (Å²) in [6, 6.07) is 7.16. The second kappa shape index (κ2) is 6.78. The zero-order valence-electron chi connectivity index (χ0n) is 10.5. The lowest BCUT2D eigenvalue weighted by atomic mass is 10.3. The minimum Gasteiger partial charge on any atom is -0.497 e. The van der Waals surface area contributed by atoms with E-state index in [2.05, 4.69) is 5.32 Å². The summed E-state index contributed by atoms with van der Waals surface area (Å²) < 4.78 is 10.5. The van der Waals surface area contributed by atoms with Crippen molar-refractivity contribution in [2.45, 2.75) is 26.4 Å². The van der Waals surface area contributed by atoms with E-state index in [-0.39, 0.29) is 5.91 Å². The van der Waals surface area contributed by atoms with E-state index in [1.165, 1.54) is 0 Å². The van der Waals surface area contributed by atoms with Crippen molar-refractivity contribution in [2.24, 2.45) is 0 Å². The molecule has 0 aliphatic carbocycles. The first-order valence-corrected chi connectivity index (χ1v) is 5.75. The monoisotopic (exact) mass is 237 g/mol. The fraction of sp³-hybridized carbons (Fsp3) is 0.462. The maximum Gasteiger partial charge on any atom is 0.260 e. The first-order chi connectivity index (χ1) is 8.17. The molecule has 0 aromatic heterocycles. The van der Waals surface area contributed by atoms with Crippen LogP contribution in [0.1, 0.15) is 20.3 Å². The third kappa shape index (κ3) is 4.34. The molecule has 4 nitrogen and oxygen atoms in total. The molecule has 1 N–H and O–H groups in total. The van der Waals surface area contributed by atoms with E-state index in [1.807, 2.05) is 6.92 Å². The number of carbonyl (C=O) groups excluding carboxylic acids is 1. The van der Waals surface area contributed by atoms with Crippen LogP contribution in [0.4, 0.5) is 0 Å². The van der Waals surface area contributed by atoms with E-state index in [0.29, 0.717) is 12.3 Å². The molecular formula is C13H19NO3. The Morgan fingerprint density at radius 3 is 2.41 bits per heavy atom. The molecule has 4 heteroatoms. The highest BCUT2D eigenvalue weighted by molar-refractivity contribution is 5.80. The standard InChI is InChI=1S/C13H19NO3/c1-4-9-14-13(15)10(2)17-12-7-5-11(16-3)6-8-12/h5-8,10H,4,9H2,1-3H3,(H,14,15)/t10-/m1/s1. The Bertz CT molecular complexity index is 348. The Hall–Kier alpha value is -1.71. The van der Waals surface area contributed by atoms with Crippen LogP contribution in [-0.4, -0.2) is 25.7 Å². The van der Waals surface area contributed by atoms with Crippen molar-refractivity contribution in [3.8, 4) is 11.5 Å². The molecule has 0 heterocycles. The van der Waals surface area contributed by atoms with Crippen LogP contribution in [0.25, 0.3) is 0 Å². The van der Waals surface area contributed by atoms with Crippen LogP contribution in [0, 0.1) is 0 Å². The van der Waals surface area contributed by atoms with Gasteiger partial charge in [0.05, 0.1) is 7.11 Å². The zero-order chi connectivity index (χ0) is 12.7. The van der Waals surface area contributed by atoms with E-state index >= 15 is 0 Å². The molecule has 0 saturated carbocycles. The number of rotatable bonds is 6. The maximum atomic E-state index is 11.6. The van der Waals surface area contributed by atoms with Crippen LogP contribution in [0.15, 0.2) is 24.3 Å². The highest BCUT2D eigenvalue weighted by atomic mass is 16.5. The molecule has 0 bridgehead atoms. The van der Waals surface area contributed by atoms with Crippen molar-refractivity contribution < 1.29 is 14.3 Å². The third-order valence-corrected chi connectivity index (χ3v) is 2.29. The SMILES string of the molecule is CCCNC(=O)[C@@H](C)Oc1ccc(OC)cc1. The number of nitrogens with one attached hydrogen (secondary N) is 1. The quantitative estimate of drug-likeness (QED) is 0.823. The van der Waals surface area contributed by atoms with Crippen LogP contribution in [0.3, 0.4) is 0 Å². The molecule has 1 atom stereocenters. The van der Waals surface area contributed by atoms with Crippen LogP contribution >= 0.6 is 0 Å². The summed E-state index contributed by atoms with van der Waals surface area (Å²) in [7, 11) is 1.61. The maximum absolute atomic E-state index is 11.6. The fourth-order valence-corrected chi connectivity index (χ4v) is 1.30. The van der Waals surface area contributed by atoms with E-state index in [4.69, 9.17) is 9.47 Å². The van der Waals surface area contributed by atoms with Gasteiger partial charge in [-0.05, 0) is 37.6 Å². The number of carbonyl (C=O) groups is 1. The van der Waals surface area contributed by atoms with Crippen molar-refractivity contribution in [1.29, 1.82) is 0 Å². The lowest BCUT2D eigenvalue weighted by molar-refractivity contribution is -0.127. The van der Waals surface area contributed by atoms with Gasteiger partial charge in [0.15, 0.2) is 6.10 Å². The van der Waals surface area contributed by atoms with Crippen molar-refractivity contribution >= 4 is 5.91 Å². The van der Waals surface area contributed by atoms with Crippen molar-refractivity contribution in [1.82, 2.24) is 5.32 Å². The Morgan fingerprint density at radius 2 is 1.88 bits per heavy atom. The first kappa shape index (κ1) is 13.4. The number of amides is 1. The molecule has 1 aromatic rings. The minimum absolute atomic E-state index is 0.0948. The lowest BCUT2D eigenvalue weighted by Crippen LogP contribution is -2.36. The van der Waals surface area contributed by atoms with Gasteiger partial charge in [-0.1, -0.05) is 6.92 Å². The molecule has 0 aliphatic heterocycles. The van der Waals surface area contributed by atoms with E-state index < -0.39 is 6.10 Å². The Balaban J connectivity index is 2.49. The van der Waals surface area contributed by atoms with Gasteiger partial charge in [0.1, 0.15) is 11.5 Å². The van der Waals surface area contributed by atoms with Gasteiger partial charge in [-0.25, -0.2) is 0 Å². The number of hydrogen-bond acceptors (Lipinski definition) is 3. The van der Waals surface area contributed by atoms with Crippen LogP contribution in [-0.2, 0) is 4.79 Å². The zero-order valence-corrected chi connectivity index (χ0v) is 10.5. The highest BCUT2D eigenvalue weighted by Gasteiger charge is 2.13. The van der Waals surface area contributed by atoms with E-state index in [0.717, 1.165) is 12.2 Å². The molecule has 17 heavy (non-hydrogen) atoms. The molecule has 0 fully saturated rings. The normalized spacial score (nSPS) is 11.7. The Labute approximate surface area is 102 Å². The predicted molar refractivity (Wildman–Crippen MR) is 66.4 cm³/mol. The van der Waals surface area contributed by atoms with Gasteiger partial charge in [0.25, 0.3) is 5.91 Å². The molecule has 1 aromatic carbocycles. The van der Waals surface area contributed by atoms with E-state index in [9.17, 15) is 4.79 Å². The summed E-state index contributed by atoms with van der Waals surface area (Å²) in [5.41, 5.74) is 0. The van der Waals surface area contributed by atoms with Gasteiger partial charge in [-0.15, -0.1) is 0 Å². The molecule has 1 rings (SSSR count). The smallest absolute Gasteiger partial charge is 0.260 e. The average molecular weight is 237 g/mol. The average Bonchev–Trinajstić information content (AvgIpc) is 2.36. The van der Waals surface area contributed by atoms with Gasteiger partial charge in [-0.2, -0.15) is 0 Å². The summed E-state index contributed by atoms with van der Waals surface area (Å²) in [5, 5.41) is 2.79. The second-order valence-electron chi connectivity index (χ2n) is 3.73. The van der Waals surface area contributed by atoms with Crippen LogP contribution in [0.2, 0.25) is 0 Å². The molecule has 0 aliphatic rings. The van der Waals surface area contributed by atoms with Gasteiger partial charge in [-0.3, -0.25) is 4.79 Å². The molecular weight excluding hydrogens is 218 g/mol. The van der Waals surface area contributed by atoms with Crippen molar-refractivity contribution in [3.63, 3.8) is 0 Å². The van der Waals surface area contributed by atoms with Gasteiger partial charge >= 0.3 is 0 Å². The highest BCUT2D eigenvalue weighted by Crippen LogP contribution is 2.18. The predicted octanol–water partition coefficient (Wildman–Crippen LogP) is 1.99. The number of methoxy groups -OCH3 is 1. The molecule has 94 valence electrons. The molecule has 0 spiro atoms. The van der Waals surface area contributed by atoms with Gasteiger partial charge < -0.3 is 14.8 Å². The number of benzene rings is 1. The minimum atomic E-state index is -0.491. The van der Waals surface area contributed by atoms with Crippen molar-refractivity contribution in [2.75, 3.05) is 13.7 Å². The van der Waals surface area contributed by atoms with Crippen LogP contribution < -0.4 is 14.8 Å². The molecule has 0 unspecified atom stereocenters. The summed E-state index contributed by atoms with van der Waals surface area (Å²) in [6.45, 7) is 4.42. The third-order valence-electron chi connectivity index (χ3n) is 2.29. The number of hydrogen-bond donors (Lipinski definition) is 1. The summed E-state index contributed by atoms with van der Waals surface area (Å²) in [6.07, 6.45) is 0.427. The molecule has 0 radical (unpaired) electrons. The topological polar surface area (TPSA) is 47.6 Å². The molecule has 0 saturated heterocycles. The van der Waals surface area contributed by atoms with Gasteiger partial charge in [0, 0.05) is 6.54 Å². The van der Waals surface area contributed by atoms with Crippen molar-refractivity contribution in [3.05, 3.63) is 24.3 Å². The second-order valence-corrected chi connectivity index (χ2v) is 3.73. The lowest BCUT2D eigenvalue weighted by Gasteiger charge is -2.14. The fourth-order valence-electron chi connectivity index (χ4n) is 1.30. The van der Waals surface area contributed by atoms with Crippen LogP contribution in [0.5, 0.6) is 11.5 Å². The summed E-state index contributed by atoms with van der Waals surface area (Å²) >= 11 is 0. The Morgan fingerprint density at radius 1 is 1.29 bits per heavy atom. The first-order valence-electron chi connectivity index (χ1n) is 5.75. The van der Waals surface area contributed by atoms with Gasteiger partial charge in [0.2, 0.25) is 0 Å². The summed E-state index contributed by atoms with van der Waals surface area (Å²) in [4.78, 5) is 11.6. The largest absolute Gasteiger partial charge is 0.497 e. The number of ether oxygens (including phenoxy) is 2.